The Morgan fingerprint density at radius 1 is 1.37 bits per heavy atom. The molecule has 0 unspecified atom stereocenters. The van der Waals surface area contributed by atoms with Crippen LogP contribution in [-0.2, 0) is 6.54 Å². The Bertz CT molecular complexity index is 384. The molecule has 1 aliphatic rings. The molecule has 1 saturated heterocycles. The second-order valence-electron chi connectivity index (χ2n) is 5.68. The van der Waals surface area contributed by atoms with E-state index in [2.05, 4.69) is 36.4 Å². The topological polar surface area (TPSA) is 28.2 Å². The molecule has 0 spiro atoms. The fraction of sp³-hybridized carbons (Fsp3) is 0.800. The predicted molar refractivity (Wildman–Crippen MR) is 84.0 cm³/mol. The third-order valence-corrected chi connectivity index (χ3v) is 5.43. The van der Waals surface area contributed by atoms with E-state index < -0.39 is 0 Å². The maximum Gasteiger partial charge on any atom is 0.185 e. The zero-order chi connectivity index (χ0) is 13.7. The summed E-state index contributed by atoms with van der Waals surface area (Å²) >= 11 is 1.80. The third-order valence-electron chi connectivity index (χ3n) is 4.48. The van der Waals surface area contributed by atoms with E-state index in [0.29, 0.717) is 5.41 Å². The highest BCUT2D eigenvalue weighted by atomic mass is 32.1. The van der Waals surface area contributed by atoms with Crippen LogP contribution in [0.15, 0.2) is 5.38 Å². The minimum atomic E-state index is 0.534. The summed E-state index contributed by atoms with van der Waals surface area (Å²) in [6, 6.07) is 0. The maximum absolute atomic E-state index is 4.78. The van der Waals surface area contributed by atoms with Crippen LogP contribution in [0, 0.1) is 5.41 Å². The van der Waals surface area contributed by atoms with Gasteiger partial charge in [0, 0.05) is 25.0 Å². The summed E-state index contributed by atoms with van der Waals surface area (Å²) in [5, 5.41) is 6.84. The van der Waals surface area contributed by atoms with Gasteiger partial charge in [-0.05, 0) is 37.6 Å². The molecule has 0 amide bonds. The van der Waals surface area contributed by atoms with Crippen molar-refractivity contribution in [3.8, 4) is 0 Å². The second-order valence-corrected chi connectivity index (χ2v) is 6.51. The molecule has 1 aromatic heterocycles. The van der Waals surface area contributed by atoms with E-state index in [1.807, 2.05) is 0 Å². The van der Waals surface area contributed by atoms with Gasteiger partial charge in [0.05, 0.1) is 5.69 Å². The Labute approximate surface area is 121 Å². The summed E-state index contributed by atoms with van der Waals surface area (Å²) in [4.78, 5) is 7.27. The van der Waals surface area contributed by atoms with Crippen LogP contribution >= 0.6 is 11.3 Å². The van der Waals surface area contributed by atoms with Crippen molar-refractivity contribution < 1.29 is 0 Å². The molecule has 3 nitrogen and oxygen atoms in total. The van der Waals surface area contributed by atoms with Crippen LogP contribution in [0.25, 0.3) is 0 Å². The Morgan fingerprint density at radius 2 is 2.16 bits per heavy atom. The highest BCUT2D eigenvalue weighted by Crippen LogP contribution is 2.39. The first-order valence-electron chi connectivity index (χ1n) is 7.63. The molecule has 0 bridgehead atoms. The first-order chi connectivity index (χ1) is 9.23. The molecule has 0 aromatic carbocycles. The quantitative estimate of drug-likeness (QED) is 0.773. The maximum atomic E-state index is 4.78. The van der Waals surface area contributed by atoms with Crippen molar-refractivity contribution in [1.29, 1.82) is 0 Å². The van der Waals surface area contributed by atoms with E-state index in [-0.39, 0.29) is 0 Å². The molecule has 0 saturated carbocycles. The number of nitrogens with one attached hydrogen (secondary N) is 1. The van der Waals surface area contributed by atoms with Crippen LogP contribution in [0.3, 0.4) is 0 Å². The lowest BCUT2D eigenvalue weighted by Crippen LogP contribution is -2.26. The smallest absolute Gasteiger partial charge is 0.185 e. The minimum absolute atomic E-state index is 0.534. The molecule has 0 atom stereocenters. The first-order valence-corrected chi connectivity index (χ1v) is 8.51. The molecule has 2 heterocycles. The van der Waals surface area contributed by atoms with Gasteiger partial charge >= 0.3 is 0 Å². The zero-order valence-electron chi connectivity index (χ0n) is 12.5. The number of nitrogens with zero attached hydrogens (tertiary/aromatic N) is 2. The van der Waals surface area contributed by atoms with E-state index >= 15 is 0 Å². The summed E-state index contributed by atoms with van der Waals surface area (Å²) in [5.74, 6) is 0. The van der Waals surface area contributed by atoms with E-state index in [9.17, 15) is 0 Å². The van der Waals surface area contributed by atoms with Crippen LogP contribution < -0.4 is 10.2 Å². The van der Waals surface area contributed by atoms with E-state index in [0.717, 1.165) is 13.1 Å². The van der Waals surface area contributed by atoms with Gasteiger partial charge in [0.2, 0.25) is 0 Å². The zero-order valence-corrected chi connectivity index (χ0v) is 13.4. The summed E-state index contributed by atoms with van der Waals surface area (Å²) in [7, 11) is 0. The SMILES string of the molecule is CCCNCc1csc(N2CCC(CC)(CC)C2)n1. The minimum Gasteiger partial charge on any atom is -0.348 e. The monoisotopic (exact) mass is 281 g/mol. The standard InChI is InChI=1S/C15H27N3S/c1-4-8-16-10-13-11-19-14(17-13)18-9-7-15(5-2,6-3)12-18/h11,16H,4-10,12H2,1-3H3. The van der Waals surface area contributed by atoms with Crippen molar-refractivity contribution in [3.63, 3.8) is 0 Å². The van der Waals surface area contributed by atoms with E-state index in [4.69, 9.17) is 4.98 Å². The number of aromatic nitrogens is 1. The van der Waals surface area contributed by atoms with Gasteiger partial charge in [0.15, 0.2) is 5.13 Å². The van der Waals surface area contributed by atoms with Gasteiger partial charge in [-0.25, -0.2) is 4.98 Å². The molecule has 1 aromatic rings. The Kier molecular flexibility index (Phi) is 5.22. The van der Waals surface area contributed by atoms with Gasteiger partial charge < -0.3 is 10.2 Å². The first kappa shape index (κ1) is 14.8. The van der Waals surface area contributed by atoms with Crippen molar-refractivity contribution in [2.75, 3.05) is 24.5 Å². The van der Waals surface area contributed by atoms with Crippen molar-refractivity contribution in [1.82, 2.24) is 10.3 Å². The van der Waals surface area contributed by atoms with E-state index in [1.54, 1.807) is 11.3 Å². The summed E-state index contributed by atoms with van der Waals surface area (Å²) < 4.78 is 0. The average molecular weight is 281 g/mol. The molecule has 1 N–H and O–H groups in total. The number of anilines is 1. The fourth-order valence-electron chi connectivity index (χ4n) is 2.84. The van der Waals surface area contributed by atoms with Gasteiger partial charge in [-0.2, -0.15) is 0 Å². The van der Waals surface area contributed by atoms with Gasteiger partial charge in [-0.1, -0.05) is 20.8 Å². The molecule has 1 fully saturated rings. The molecule has 2 rings (SSSR count). The Balaban J connectivity index is 1.92. The van der Waals surface area contributed by atoms with Crippen molar-refractivity contribution in [3.05, 3.63) is 11.1 Å². The summed E-state index contributed by atoms with van der Waals surface area (Å²) in [5.41, 5.74) is 1.73. The molecule has 19 heavy (non-hydrogen) atoms. The second kappa shape index (κ2) is 6.71. The number of rotatable bonds is 7. The summed E-state index contributed by atoms with van der Waals surface area (Å²) in [6.45, 7) is 11.2. The van der Waals surface area contributed by atoms with Crippen LogP contribution in [0.2, 0.25) is 0 Å². The average Bonchev–Trinajstić information content (AvgIpc) is 3.06. The van der Waals surface area contributed by atoms with Crippen LogP contribution in [0.5, 0.6) is 0 Å². The number of thiazole rings is 1. The lowest BCUT2D eigenvalue weighted by Gasteiger charge is -2.26. The van der Waals surface area contributed by atoms with Crippen LogP contribution in [-0.4, -0.2) is 24.6 Å². The molecule has 0 aliphatic carbocycles. The highest BCUT2D eigenvalue weighted by Gasteiger charge is 2.35. The molecule has 0 radical (unpaired) electrons. The van der Waals surface area contributed by atoms with Gasteiger partial charge in [0.1, 0.15) is 0 Å². The van der Waals surface area contributed by atoms with E-state index in [1.165, 1.54) is 49.6 Å². The van der Waals surface area contributed by atoms with Gasteiger partial charge in [0.25, 0.3) is 0 Å². The molecular weight excluding hydrogens is 254 g/mol. The lowest BCUT2D eigenvalue weighted by molar-refractivity contribution is 0.301. The Morgan fingerprint density at radius 3 is 2.79 bits per heavy atom. The number of hydrogen-bond donors (Lipinski definition) is 1. The largest absolute Gasteiger partial charge is 0.348 e. The predicted octanol–water partition coefficient (Wildman–Crippen LogP) is 3.66. The van der Waals surface area contributed by atoms with Crippen LogP contribution in [0.1, 0.15) is 52.1 Å². The van der Waals surface area contributed by atoms with Crippen molar-refractivity contribution in [2.45, 2.75) is 53.0 Å². The Hall–Kier alpha value is -0.610. The van der Waals surface area contributed by atoms with Crippen molar-refractivity contribution in [2.24, 2.45) is 5.41 Å². The fourth-order valence-corrected chi connectivity index (χ4v) is 3.69. The van der Waals surface area contributed by atoms with Gasteiger partial charge in [-0.15, -0.1) is 11.3 Å². The molecule has 4 heteroatoms. The normalized spacial score (nSPS) is 18.2. The number of hydrogen-bond acceptors (Lipinski definition) is 4. The molecule has 108 valence electrons. The van der Waals surface area contributed by atoms with Crippen molar-refractivity contribution >= 4 is 16.5 Å². The molecular formula is C15H27N3S. The van der Waals surface area contributed by atoms with Gasteiger partial charge in [-0.3, -0.25) is 0 Å². The lowest BCUT2D eigenvalue weighted by atomic mass is 9.82. The highest BCUT2D eigenvalue weighted by molar-refractivity contribution is 7.13. The summed E-state index contributed by atoms with van der Waals surface area (Å²) in [6.07, 6.45) is 5.08. The third kappa shape index (κ3) is 3.48. The molecule has 1 aliphatic heterocycles. The van der Waals surface area contributed by atoms with Crippen LogP contribution in [0.4, 0.5) is 5.13 Å².